The molecule has 1 aromatic carbocycles. The molecule has 0 unspecified atom stereocenters. The molecule has 9 nitrogen and oxygen atoms in total. The first-order valence-electron chi connectivity index (χ1n) is 11.3. The third-order valence-corrected chi connectivity index (χ3v) is 6.47. The van der Waals surface area contributed by atoms with Crippen molar-refractivity contribution in [1.82, 2.24) is 10.1 Å². The van der Waals surface area contributed by atoms with Crippen molar-refractivity contribution >= 4 is 34.9 Å². The van der Waals surface area contributed by atoms with Gasteiger partial charge in [0.1, 0.15) is 18.3 Å². The van der Waals surface area contributed by atoms with Gasteiger partial charge in [-0.3, -0.25) is 19.3 Å². The van der Waals surface area contributed by atoms with Crippen molar-refractivity contribution in [3.8, 4) is 0 Å². The number of amides is 3. The van der Waals surface area contributed by atoms with E-state index in [1.807, 2.05) is 17.0 Å². The van der Waals surface area contributed by atoms with E-state index in [0.717, 1.165) is 57.4 Å². The van der Waals surface area contributed by atoms with Crippen molar-refractivity contribution in [2.24, 2.45) is 0 Å². The van der Waals surface area contributed by atoms with Crippen LogP contribution in [0.2, 0.25) is 0 Å². The monoisotopic (exact) mass is 437 g/mol. The Labute approximate surface area is 186 Å². The number of anilines is 3. The number of nitrogens with one attached hydrogen (secondary N) is 1. The Hall–Kier alpha value is -3.36. The number of hydrogen-bond acceptors (Lipinski definition) is 6. The molecule has 1 aromatic heterocycles. The van der Waals surface area contributed by atoms with Crippen LogP contribution >= 0.6 is 0 Å². The second-order valence-electron chi connectivity index (χ2n) is 8.70. The molecule has 0 saturated carbocycles. The number of aryl methyl sites for hydroxylation is 1. The zero-order chi connectivity index (χ0) is 22.2. The highest BCUT2D eigenvalue weighted by molar-refractivity contribution is 6.11. The zero-order valence-corrected chi connectivity index (χ0v) is 18.2. The Balaban J connectivity index is 1.46. The fraction of sp³-hybridized carbons (Fsp3) is 0.478. The number of piperidine rings is 1. The van der Waals surface area contributed by atoms with Gasteiger partial charge in [-0.05, 0) is 57.2 Å². The standard InChI is InChI=1S/C23H27N5O4/c1-15-12-20(25-32-15)24-21(29)14-28-19-13-16(22(30)26-9-4-5-10-26)7-8-17(19)27-11-3-2-6-18(27)23(28)31/h7-8,12-13,18H,2-6,9-11,14H2,1H3,(H,24,25,29)/t18-/m0/s1. The van der Waals surface area contributed by atoms with Crippen LogP contribution in [0.25, 0.3) is 0 Å². The van der Waals surface area contributed by atoms with E-state index in [2.05, 4.69) is 15.4 Å². The average Bonchev–Trinajstić information content (AvgIpc) is 3.48. The predicted molar refractivity (Wildman–Crippen MR) is 119 cm³/mol. The molecule has 32 heavy (non-hydrogen) atoms. The van der Waals surface area contributed by atoms with Gasteiger partial charge in [0.25, 0.3) is 5.91 Å². The summed E-state index contributed by atoms with van der Waals surface area (Å²) < 4.78 is 5.00. The first-order chi connectivity index (χ1) is 15.5. The average molecular weight is 438 g/mol. The Kier molecular flexibility index (Phi) is 5.32. The highest BCUT2D eigenvalue weighted by Crippen LogP contribution is 2.40. The van der Waals surface area contributed by atoms with Crippen LogP contribution in [-0.4, -0.2) is 60.0 Å². The molecule has 0 aliphatic carbocycles. The van der Waals surface area contributed by atoms with Crippen LogP contribution in [0.3, 0.4) is 0 Å². The molecule has 1 N–H and O–H groups in total. The van der Waals surface area contributed by atoms with Gasteiger partial charge in [-0.2, -0.15) is 0 Å². The number of fused-ring (bicyclic) bond motifs is 3. The Morgan fingerprint density at radius 1 is 1.09 bits per heavy atom. The number of carbonyl (C=O) groups is 3. The van der Waals surface area contributed by atoms with E-state index in [0.29, 0.717) is 22.8 Å². The first-order valence-corrected chi connectivity index (χ1v) is 11.3. The van der Waals surface area contributed by atoms with Gasteiger partial charge in [-0.15, -0.1) is 0 Å². The van der Waals surface area contributed by atoms with Gasteiger partial charge in [0.2, 0.25) is 11.8 Å². The number of rotatable bonds is 4. The second kappa shape index (κ2) is 8.29. The molecule has 168 valence electrons. The van der Waals surface area contributed by atoms with Gasteiger partial charge in [-0.1, -0.05) is 5.16 Å². The highest BCUT2D eigenvalue weighted by atomic mass is 16.5. The van der Waals surface area contributed by atoms with Gasteiger partial charge >= 0.3 is 0 Å². The lowest BCUT2D eigenvalue weighted by molar-refractivity contribution is -0.123. The number of likely N-dealkylation sites (tertiary alicyclic amines) is 1. The molecular formula is C23H27N5O4. The fourth-order valence-corrected chi connectivity index (χ4v) is 4.91. The maximum absolute atomic E-state index is 13.4. The summed E-state index contributed by atoms with van der Waals surface area (Å²) in [6.45, 7) is 3.90. The molecule has 2 saturated heterocycles. The minimum absolute atomic E-state index is 0.0269. The van der Waals surface area contributed by atoms with Gasteiger partial charge in [-0.25, -0.2) is 0 Å². The van der Waals surface area contributed by atoms with Crippen LogP contribution in [0.15, 0.2) is 28.8 Å². The van der Waals surface area contributed by atoms with Crippen molar-refractivity contribution in [1.29, 1.82) is 0 Å². The normalized spacial score (nSPS) is 20.2. The van der Waals surface area contributed by atoms with Crippen LogP contribution < -0.4 is 15.1 Å². The quantitative estimate of drug-likeness (QED) is 0.789. The molecule has 5 rings (SSSR count). The highest BCUT2D eigenvalue weighted by Gasteiger charge is 2.40. The maximum Gasteiger partial charge on any atom is 0.253 e. The van der Waals surface area contributed by atoms with Crippen LogP contribution in [0.4, 0.5) is 17.2 Å². The van der Waals surface area contributed by atoms with E-state index in [4.69, 9.17) is 4.52 Å². The van der Waals surface area contributed by atoms with Crippen molar-refractivity contribution in [3.63, 3.8) is 0 Å². The third-order valence-electron chi connectivity index (χ3n) is 6.47. The summed E-state index contributed by atoms with van der Waals surface area (Å²) in [4.78, 5) is 44.7. The van der Waals surface area contributed by atoms with E-state index in [9.17, 15) is 14.4 Å². The Morgan fingerprint density at radius 2 is 1.88 bits per heavy atom. The predicted octanol–water partition coefficient (Wildman–Crippen LogP) is 2.56. The summed E-state index contributed by atoms with van der Waals surface area (Å²) in [5.74, 6) is 0.408. The van der Waals surface area contributed by atoms with Gasteiger partial charge in [0.05, 0.1) is 11.4 Å². The smallest absolute Gasteiger partial charge is 0.253 e. The number of nitrogens with zero attached hydrogens (tertiary/aromatic N) is 4. The van der Waals surface area contributed by atoms with Crippen LogP contribution in [-0.2, 0) is 9.59 Å². The topological polar surface area (TPSA) is 99.0 Å². The molecule has 1 atom stereocenters. The minimum atomic E-state index is -0.363. The summed E-state index contributed by atoms with van der Waals surface area (Å²) >= 11 is 0. The molecule has 0 bridgehead atoms. The van der Waals surface area contributed by atoms with E-state index in [1.165, 1.54) is 4.90 Å². The van der Waals surface area contributed by atoms with Crippen LogP contribution in [0.1, 0.15) is 48.2 Å². The molecule has 2 aromatic rings. The van der Waals surface area contributed by atoms with Gasteiger partial charge in [0, 0.05) is 31.3 Å². The third kappa shape index (κ3) is 3.72. The largest absolute Gasteiger partial charge is 0.360 e. The summed E-state index contributed by atoms with van der Waals surface area (Å²) in [5.41, 5.74) is 2.06. The Morgan fingerprint density at radius 3 is 2.62 bits per heavy atom. The van der Waals surface area contributed by atoms with Crippen LogP contribution in [0, 0.1) is 6.92 Å². The number of benzene rings is 1. The van der Waals surface area contributed by atoms with Crippen LogP contribution in [0.5, 0.6) is 0 Å². The first kappa shape index (κ1) is 20.5. The lowest BCUT2D eigenvalue weighted by Crippen LogP contribution is -2.56. The minimum Gasteiger partial charge on any atom is -0.360 e. The molecular weight excluding hydrogens is 410 g/mol. The molecule has 0 spiro atoms. The lowest BCUT2D eigenvalue weighted by Gasteiger charge is -2.45. The van der Waals surface area contributed by atoms with E-state index in [-0.39, 0.29) is 30.3 Å². The zero-order valence-electron chi connectivity index (χ0n) is 18.2. The Bertz CT molecular complexity index is 1060. The fourth-order valence-electron chi connectivity index (χ4n) is 4.91. The molecule has 2 fully saturated rings. The summed E-state index contributed by atoms with van der Waals surface area (Å²) in [7, 11) is 0. The van der Waals surface area contributed by atoms with E-state index >= 15 is 0 Å². The molecule has 3 aliphatic heterocycles. The van der Waals surface area contributed by atoms with E-state index < -0.39 is 0 Å². The molecule has 3 amide bonds. The second-order valence-corrected chi connectivity index (χ2v) is 8.70. The number of hydrogen-bond donors (Lipinski definition) is 1. The van der Waals surface area contributed by atoms with Crippen molar-refractivity contribution in [3.05, 3.63) is 35.6 Å². The summed E-state index contributed by atoms with van der Waals surface area (Å²) in [5, 5.41) is 6.48. The van der Waals surface area contributed by atoms with Crippen molar-refractivity contribution in [2.45, 2.75) is 45.1 Å². The molecule has 0 radical (unpaired) electrons. The number of carbonyl (C=O) groups excluding carboxylic acids is 3. The van der Waals surface area contributed by atoms with E-state index in [1.54, 1.807) is 19.1 Å². The molecule has 9 heteroatoms. The summed E-state index contributed by atoms with van der Waals surface area (Å²) in [6, 6.07) is 6.89. The SMILES string of the molecule is Cc1cc(NC(=O)CN2C(=O)[C@@H]3CCCCN3c3ccc(C(=O)N4CCCC4)cc32)no1. The van der Waals surface area contributed by atoms with Gasteiger partial charge < -0.3 is 19.6 Å². The summed E-state index contributed by atoms with van der Waals surface area (Å²) in [6.07, 6.45) is 4.78. The number of aromatic nitrogens is 1. The lowest BCUT2D eigenvalue weighted by atomic mass is 9.95. The molecule has 4 heterocycles. The van der Waals surface area contributed by atoms with Crippen molar-refractivity contribution < 1.29 is 18.9 Å². The van der Waals surface area contributed by atoms with Gasteiger partial charge in [0.15, 0.2) is 5.82 Å². The maximum atomic E-state index is 13.4. The van der Waals surface area contributed by atoms with Crippen molar-refractivity contribution in [2.75, 3.05) is 41.3 Å². The molecule has 3 aliphatic rings.